The van der Waals surface area contributed by atoms with Gasteiger partial charge in [0.1, 0.15) is 17.3 Å². The van der Waals surface area contributed by atoms with Crippen LogP contribution >= 0.6 is 11.3 Å². The van der Waals surface area contributed by atoms with Crippen molar-refractivity contribution in [3.05, 3.63) is 59.0 Å². The number of fused-ring (bicyclic) bond motifs is 1. The third-order valence-corrected chi connectivity index (χ3v) is 6.83. The lowest BCUT2D eigenvalue weighted by Crippen LogP contribution is -2.12. The molecule has 0 bridgehead atoms. The Bertz CT molecular complexity index is 1380. The number of nitrogens with one attached hydrogen (secondary N) is 1. The lowest BCUT2D eigenvalue weighted by Gasteiger charge is -2.12. The number of carbonyl (C=O) groups is 1. The number of hydrogen-bond donors (Lipinski definition) is 1. The van der Waals surface area contributed by atoms with Gasteiger partial charge in [0.15, 0.2) is 4.88 Å². The molecule has 7 nitrogen and oxygen atoms in total. The lowest BCUT2D eigenvalue weighted by atomic mass is 10.2. The summed E-state index contributed by atoms with van der Waals surface area (Å²) < 4.78 is 32.8. The van der Waals surface area contributed by atoms with E-state index < -0.39 is 5.97 Å². The van der Waals surface area contributed by atoms with Gasteiger partial charge >= 0.3 is 5.97 Å². The molecule has 3 aromatic heterocycles. The van der Waals surface area contributed by atoms with E-state index in [0.717, 1.165) is 21.6 Å². The molecule has 0 aliphatic heterocycles. The van der Waals surface area contributed by atoms with Crippen LogP contribution in [0.2, 0.25) is 0 Å². The van der Waals surface area contributed by atoms with Gasteiger partial charge in [0.05, 0.1) is 36.9 Å². The van der Waals surface area contributed by atoms with Gasteiger partial charge in [0.2, 0.25) is 0 Å². The number of nitrogens with zero attached hydrogens (tertiary/aromatic N) is 2. The van der Waals surface area contributed by atoms with Crippen molar-refractivity contribution in [2.75, 3.05) is 32.7 Å². The Morgan fingerprint density at radius 3 is 2.69 bits per heavy atom. The van der Waals surface area contributed by atoms with Crippen LogP contribution in [-0.2, 0) is 11.3 Å². The second-order valence-electron chi connectivity index (χ2n) is 8.81. The number of pyridine rings is 1. The summed E-state index contributed by atoms with van der Waals surface area (Å²) in [6, 6.07) is 10.6. The van der Waals surface area contributed by atoms with Gasteiger partial charge in [-0.3, -0.25) is 4.98 Å². The van der Waals surface area contributed by atoms with Gasteiger partial charge in [-0.05, 0) is 43.2 Å². The molecule has 36 heavy (non-hydrogen) atoms. The van der Waals surface area contributed by atoms with Crippen molar-refractivity contribution < 1.29 is 23.4 Å². The molecule has 0 saturated heterocycles. The summed E-state index contributed by atoms with van der Waals surface area (Å²) in [5.41, 5.74) is 3.07. The molecule has 0 spiro atoms. The number of rotatable bonds is 10. The minimum atomic E-state index is -0.433. The molecule has 4 aromatic rings. The zero-order valence-corrected chi connectivity index (χ0v) is 21.9. The predicted molar refractivity (Wildman–Crippen MR) is 141 cm³/mol. The van der Waals surface area contributed by atoms with Crippen molar-refractivity contribution in [2.45, 2.75) is 27.3 Å². The quantitative estimate of drug-likeness (QED) is 0.257. The van der Waals surface area contributed by atoms with Crippen LogP contribution in [0.25, 0.3) is 21.5 Å². The summed E-state index contributed by atoms with van der Waals surface area (Å²) in [4.78, 5) is 18.0. The normalized spacial score (nSPS) is 11.2. The summed E-state index contributed by atoms with van der Waals surface area (Å²) in [6.45, 7) is 7.68. The number of aromatic nitrogens is 2. The van der Waals surface area contributed by atoms with E-state index in [2.05, 4.69) is 10.3 Å². The van der Waals surface area contributed by atoms with Crippen molar-refractivity contribution >= 4 is 33.9 Å². The summed E-state index contributed by atoms with van der Waals surface area (Å²) in [7, 11) is 2.94. The van der Waals surface area contributed by atoms with Crippen LogP contribution in [0.5, 0.6) is 11.5 Å². The minimum absolute atomic E-state index is 0.278. The summed E-state index contributed by atoms with van der Waals surface area (Å²) >= 11 is 1.29. The number of anilines is 1. The monoisotopic (exact) mass is 511 g/mol. The van der Waals surface area contributed by atoms with E-state index in [-0.39, 0.29) is 5.82 Å². The molecule has 1 N–H and O–H groups in total. The smallest absolute Gasteiger partial charge is 0.351 e. The highest BCUT2D eigenvalue weighted by atomic mass is 32.1. The number of halogens is 1. The lowest BCUT2D eigenvalue weighted by molar-refractivity contribution is 0.0601. The number of ether oxygens (including phenoxy) is 3. The Morgan fingerprint density at radius 2 is 1.97 bits per heavy atom. The van der Waals surface area contributed by atoms with E-state index in [0.29, 0.717) is 53.2 Å². The molecular weight excluding hydrogens is 481 g/mol. The van der Waals surface area contributed by atoms with Gasteiger partial charge in [-0.1, -0.05) is 13.8 Å². The SMILES string of the molecule is COC(=O)c1sc(-c2cc(NCCn3c(C)cc4c(OC)ccc(F)c43)ccn2)cc1OCC(C)C. The maximum Gasteiger partial charge on any atom is 0.351 e. The molecular formula is C27H30FN3O4S. The van der Waals surface area contributed by atoms with Gasteiger partial charge in [0.25, 0.3) is 0 Å². The van der Waals surface area contributed by atoms with Gasteiger partial charge in [-0.15, -0.1) is 11.3 Å². The molecule has 0 atom stereocenters. The molecule has 0 radical (unpaired) electrons. The fourth-order valence-electron chi connectivity index (χ4n) is 3.99. The highest BCUT2D eigenvalue weighted by molar-refractivity contribution is 7.17. The van der Waals surface area contributed by atoms with Crippen molar-refractivity contribution in [2.24, 2.45) is 5.92 Å². The average Bonchev–Trinajstić information content (AvgIpc) is 3.44. The van der Waals surface area contributed by atoms with Crippen LogP contribution in [0.4, 0.5) is 10.1 Å². The standard InChI is InChI=1S/C27H30FN3O4S/c1-16(2)15-35-23-14-24(36-26(23)27(32)34-5)21-13-18(8-9-30-21)29-10-11-31-17(3)12-19-22(33-4)7-6-20(28)25(19)31/h6-9,12-14,16H,10-11,15H2,1-5H3,(H,29,30). The molecule has 1 aromatic carbocycles. The molecule has 0 aliphatic carbocycles. The first kappa shape index (κ1) is 25.5. The molecule has 9 heteroatoms. The second kappa shape index (κ2) is 11.0. The Labute approximate surface area is 213 Å². The van der Waals surface area contributed by atoms with Gasteiger partial charge in [0, 0.05) is 42.1 Å². The van der Waals surface area contributed by atoms with E-state index in [1.54, 1.807) is 19.4 Å². The van der Waals surface area contributed by atoms with Crippen molar-refractivity contribution in [3.8, 4) is 22.1 Å². The Balaban J connectivity index is 1.52. The first-order valence-electron chi connectivity index (χ1n) is 11.7. The fourth-order valence-corrected chi connectivity index (χ4v) is 4.98. The minimum Gasteiger partial charge on any atom is -0.496 e. The third kappa shape index (κ3) is 5.31. The van der Waals surface area contributed by atoms with E-state index >= 15 is 0 Å². The van der Waals surface area contributed by atoms with Crippen LogP contribution in [0.15, 0.2) is 42.6 Å². The Kier molecular flexibility index (Phi) is 7.79. The van der Waals surface area contributed by atoms with E-state index in [1.165, 1.54) is 24.5 Å². The number of benzene rings is 1. The molecule has 0 unspecified atom stereocenters. The van der Waals surface area contributed by atoms with Crippen LogP contribution in [-0.4, -0.2) is 42.9 Å². The molecule has 0 saturated carbocycles. The van der Waals surface area contributed by atoms with Gasteiger partial charge in [-0.25, -0.2) is 9.18 Å². The molecule has 4 rings (SSSR count). The number of hydrogen-bond acceptors (Lipinski definition) is 7. The number of esters is 1. The predicted octanol–water partition coefficient (Wildman–Crippen LogP) is 6.15. The zero-order valence-electron chi connectivity index (χ0n) is 21.1. The van der Waals surface area contributed by atoms with Crippen LogP contribution in [0.1, 0.15) is 29.2 Å². The van der Waals surface area contributed by atoms with Crippen molar-refractivity contribution in [1.82, 2.24) is 9.55 Å². The van der Waals surface area contributed by atoms with E-state index in [9.17, 15) is 9.18 Å². The van der Waals surface area contributed by atoms with Gasteiger partial charge < -0.3 is 24.1 Å². The van der Waals surface area contributed by atoms with Gasteiger partial charge in [-0.2, -0.15) is 0 Å². The number of aryl methyl sites for hydroxylation is 1. The zero-order chi connectivity index (χ0) is 25.8. The molecule has 190 valence electrons. The summed E-state index contributed by atoms with van der Waals surface area (Å²) in [5, 5.41) is 4.16. The highest BCUT2D eigenvalue weighted by Gasteiger charge is 2.20. The number of thiophene rings is 1. The largest absolute Gasteiger partial charge is 0.496 e. The molecule has 0 amide bonds. The molecule has 3 heterocycles. The maximum absolute atomic E-state index is 14.6. The maximum atomic E-state index is 14.6. The van der Waals surface area contributed by atoms with Crippen LogP contribution < -0.4 is 14.8 Å². The van der Waals surface area contributed by atoms with E-state index in [1.807, 2.05) is 49.6 Å². The molecule has 0 fully saturated rings. The van der Waals surface area contributed by atoms with Crippen molar-refractivity contribution in [3.63, 3.8) is 0 Å². The fraction of sp³-hybridized carbons (Fsp3) is 0.333. The Hall–Kier alpha value is -3.59. The third-order valence-electron chi connectivity index (χ3n) is 5.71. The van der Waals surface area contributed by atoms with Crippen molar-refractivity contribution in [1.29, 1.82) is 0 Å². The topological polar surface area (TPSA) is 74.6 Å². The number of carbonyl (C=O) groups excluding carboxylic acids is 1. The molecule has 0 aliphatic rings. The average molecular weight is 512 g/mol. The summed E-state index contributed by atoms with van der Waals surface area (Å²) in [5.74, 6) is 0.763. The highest BCUT2D eigenvalue weighted by Crippen LogP contribution is 2.37. The van der Waals surface area contributed by atoms with E-state index in [4.69, 9.17) is 14.2 Å². The first-order chi connectivity index (χ1) is 17.3. The number of methoxy groups -OCH3 is 2. The van der Waals surface area contributed by atoms with Crippen LogP contribution in [0.3, 0.4) is 0 Å². The second-order valence-corrected chi connectivity index (χ2v) is 9.86. The van der Waals surface area contributed by atoms with Crippen LogP contribution in [0, 0.1) is 18.7 Å². The summed E-state index contributed by atoms with van der Waals surface area (Å²) in [6.07, 6.45) is 1.71. The first-order valence-corrected chi connectivity index (χ1v) is 12.5. The Morgan fingerprint density at radius 1 is 1.17 bits per heavy atom.